The van der Waals surface area contributed by atoms with Crippen molar-refractivity contribution in [3.05, 3.63) is 87.1 Å². The molecule has 1 heterocycles. The zero-order chi connectivity index (χ0) is 25.4. The Balaban J connectivity index is 1.77. The number of aromatic amines is 1. The highest BCUT2D eigenvalue weighted by molar-refractivity contribution is 5.97. The summed E-state index contributed by atoms with van der Waals surface area (Å²) in [5.74, 6) is -1.05. The van der Waals surface area contributed by atoms with Gasteiger partial charge in [0.25, 0.3) is 11.5 Å². The van der Waals surface area contributed by atoms with Gasteiger partial charge in [-0.3, -0.25) is 19.1 Å². The average Bonchev–Trinajstić information content (AvgIpc) is 2.87. The molecule has 0 unspecified atom stereocenters. The van der Waals surface area contributed by atoms with Crippen molar-refractivity contribution in [1.82, 2.24) is 9.55 Å². The second-order valence-electron chi connectivity index (χ2n) is 7.64. The van der Waals surface area contributed by atoms with Gasteiger partial charge in [-0.05, 0) is 31.0 Å². The van der Waals surface area contributed by atoms with Gasteiger partial charge in [0.1, 0.15) is 11.6 Å². The van der Waals surface area contributed by atoms with E-state index in [9.17, 15) is 19.2 Å². The van der Waals surface area contributed by atoms with Crippen molar-refractivity contribution in [2.75, 3.05) is 23.8 Å². The van der Waals surface area contributed by atoms with Crippen LogP contribution >= 0.6 is 0 Å². The van der Waals surface area contributed by atoms with Crippen LogP contribution in [-0.4, -0.2) is 40.7 Å². The molecule has 0 saturated carbocycles. The molecule has 0 saturated heterocycles. The Morgan fingerprint density at radius 2 is 1.66 bits per heavy atom. The number of nitrogens with one attached hydrogen (secondary N) is 1. The summed E-state index contributed by atoms with van der Waals surface area (Å²) < 4.78 is 12.0. The van der Waals surface area contributed by atoms with Crippen LogP contribution in [0.5, 0.6) is 5.75 Å². The predicted octanol–water partition coefficient (Wildman–Crippen LogP) is 1.92. The fourth-order valence-corrected chi connectivity index (χ4v) is 3.49. The molecule has 10 heteroatoms. The third kappa shape index (κ3) is 6.17. The van der Waals surface area contributed by atoms with Gasteiger partial charge >= 0.3 is 11.7 Å². The summed E-state index contributed by atoms with van der Waals surface area (Å²) in [4.78, 5) is 53.7. The number of hydrogen-bond donors (Lipinski definition) is 2. The Morgan fingerprint density at radius 3 is 2.26 bits per heavy atom. The number of ether oxygens (including phenoxy) is 2. The highest BCUT2D eigenvalue weighted by Gasteiger charge is 2.26. The number of anilines is 2. The number of benzene rings is 2. The van der Waals surface area contributed by atoms with E-state index in [0.29, 0.717) is 12.2 Å². The largest absolute Gasteiger partial charge is 0.479 e. The normalized spacial score (nSPS) is 11.5. The summed E-state index contributed by atoms with van der Waals surface area (Å²) in [5, 5.41) is 0. The molecule has 0 aliphatic carbocycles. The summed E-state index contributed by atoms with van der Waals surface area (Å²) in [7, 11) is 0. The maximum Gasteiger partial charge on any atom is 0.347 e. The first-order valence-electron chi connectivity index (χ1n) is 11.2. The number of esters is 1. The van der Waals surface area contributed by atoms with E-state index in [2.05, 4.69) is 4.98 Å². The van der Waals surface area contributed by atoms with E-state index in [4.69, 9.17) is 15.2 Å². The maximum absolute atomic E-state index is 12.9. The second kappa shape index (κ2) is 11.7. The zero-order valence-corrected chi connectivity index (χ0v) is 19.6. The van der Waals surface area contributed by atoms with Crippen LogP contribution < -0.4 is 26.6 Å². The molecule has 2 aromatic carbocycles. The van der Waals surface area contributed by atoms with Gasteiger partial charge in [-0.25, -0.2) is 9.59 Å². The molecular formula is C25H28N4O6. The average molecular weight is 481 g/mol. The fourth-order valence-electron chi connectivity index (χ4n) is 3.49. The van der Waals surface area contributed by atoms with E-state index in [1.54, 1.807) is 50.2 Å². The quantitative estimate of drug-likeness (QED) is 0.423. The van der Waals surface area contributed by atoms with Crippen molar-refractivity contribution in [2.45, 2.75) is 32.9 Å². The number of para-hydroxylation sites is 1. The lowest BCUT2D eigenvalue weighted by Gasteiger charge is -2.23. The Bertz CT molecular complexity index is 1270. The number of likely N-dealkylation sites (N-methyl/N-ethyl adjacent to an activating group) is 1. The van der Waals surface area contributed by atoms with Crippen LogP contribution in [-0.2, 0) is 20.9 Å². The molecule has 184 valence electrons. The number of carbonyl (C=O) groups excluding carboxylic acids is 2. The van der Waals surface area contributed by atoms with Crippen LogP contribution in [0.15, 0.2) is 70.3 Å². The van der Waals surface area contributed by atoms with Crippen LogP contribution in [0.4, 0.5) is 11.5 Å². The number of nitrogens with zero attached hydrogens (tertiary/aromatic N) is 2. The predicted molar refractivity (Wildman–Crippen MR) is 131 cm³/mol. The molecular weight excluding hydrogens is 452 g/mol. The molecule has 1 aromatic heterocycles. The molecule has 1 amide bonds. The van der Waals surface area contributed by atoms with Crippen LogP contribution in [0.3, 0.4) is 0 Å². The van der Waals surface area contributed by atoms with Crippen molar-refractivity contribution in [1.29, 1.82) is 0 Å². The third-order valence-corrected chi connectivity index (χ3v) is 5.28. The number of carbonyl (C=O) groups is 2. The van der Waals surface area contributed by atoms with Crippen molar-refractivity contribution in [3.8, 4) is 5.75 Å². The summed E-state index contributed by atoms with van der Waals surface area (Å²) in [6, 6.07) is 17.8. The molecule has 0 radical (unpaired) electrons. The smallest absolute Gasteiger partial charge is 0.347 e. The van der Waals surface area contributed by atoms with E-state index in [-0.39, 0.29) is 24.6 Å². The zero-order valence-electron chi connectivity index (χ0n) is 19.6. The molecule has 1 atom stereocenters. The van der Waals surface area contributed by atoms with Gasteiger partial charge in [0.2, 0.25) is 0 Å². The minimum absolute atomic E-state index is 0.0604. The van der Waals surface area contributed by atoms with Gasteiger partial charge in [-0.2, -0.15) is 0 Å². The molecule has 35 heavy (non-hydrogen) atoms. The van der Waals surface area contributed by atoms with Gasteiger partial charge in [0.15, 0.2) is 18.4 Å². The molecule has 3 aromatic rings. The standard InChI is InChI=1S/C25H28N4O6/c1-3-19(35-18-13-9-6-10-14-18)24(32)34-16-20(30)28(4-2)21-22(26)29(25(33)27-23(21)31)15-17-11-7-5-8-12-17/h5-14,19H,3-4,15-16,26H2,1-2H3,(H,27,31,33)/t19-/m1/s1. The number of nitrogens with two attached hydrogens (primary N) is 1. The Hall–Kier alpha value is -4.34. The van der Waals surface area contributed by atoms with Crippen molar-refractivity contribution in [2.24, 2.45) is 0 Å². The van der Waals surface area contributed by atoms with E-state index in [1.807, 2.05) is 24.3 Å². The van der Waals surface area contributed by atoms with Crippen molar-refractivity contribution >= 4 is 23.4 Å². The third-order valence-electron chi connectivity index (χ3n) is 5.28. The molecule has 3 rings (SSSR count). The molecule has 3 N–H and O–H groups in total. The number of nitrogen functional groups attached to an aromatic ring is 1. The molecule has 0 fully saturated rings. The van der Waals surface area contributed by atoms with E-state index in [1.165, 1.54) is 4.57 Å². The van der Waals surface area contributed by atoms with E-state index in [0.717, 1.165) is 10.5 Å². The maximum atomic E-state index is 12.9. The molecule has 0 spiro atoms. The van der Waals surface area contributed by atoms with Gasteiger partial charge in [0, 0.05) is 6.54 Å². The Labute approximate surface area is 201 Å². The number of H-pyrrole nitrogens is 1. The molecule has 0 bridgehead atoms. The summed E-state index contributed by atoms with van der Waals surface area (Å²) in [6.45, 7) is 2.93. The van der Waals surface area contributed by atoms with E-state index < -0.39 is 35.8 Å². The van der Waals surface area contributed by atoms with Crippen LogP contribution in [0, 0.1) is 0 Å². The number of hydrogen-bond acceptors (Lipinski definition) is 7. The highest BCUT2D eigenvalue weighted by atomic mass is 16.6. The number of aromatic nitrogens is 2. The van der Waals surface area contributed by atoms with Crippen LogP contribution in [0.1, 0.15) is 25.8 Å². The number of rotatable bonds is 10. The molecule has 0 aliphatic rings. The summed E-state index contributed by atoms with van der Waals surface area (Å²) >= 11 is 0. The summed E-state index contributed by atoms with van der Waals surface area (Å²) in [6.07, 6.45) is -0.572. The number of amides is 1. The van der Waals surface area contributed by atoms with Crippen LogP contribution in [0.2, 0.25) is 0 Å². The Kier molecular flexibility index (Phi) is 8.44. The first-order chi connectivity index (χ1) is 16.8. The lowest BCUT2D eigenvalue weighted by molar-refractivity contribution is -0.155. The monoisotopic (exact) mass is 480 g/mol. The lowest BCUT2D eigenvalue weighted by Crippen LogP contribution is -2.43. The Morgan fingerprint density at radius 1 is 1.03 bits per heavy atom. The van der Waals surface area contributed by atoms with Crippen molar-refractivity contribution < 1.29 is 19.1 Å². The molecule has 10 nitrogen and oxygen atoms in total. The van der Waals surface area contributed by atoms with Crippen LogP contribution in [0.25, 0.3) is 0 Å². The van der Waals surface area contributed by atoms with Gasteiger partial charge in [-0.15, -0.1) is 0 Å². The second-order valence-corrected chi connectivity index (χ2v) is 7.64. The topological polar surface area (TPSA) is 137 Å². The highest BCUT2D eigenvalue weighted by Crippen LogP contribution is 2.18. The van der Waals surface area contributed by atoms with Gasteiger partial charge in [0.05, 0.1) is 6.54 Å². The van der Waals surface area contributed by atoms with Crippen molar-refractivity contribution in [3.63, 3.8) is 0 Å². The first kappa shape index (κ1) is 25.3. The van der Waals surface area contributed by atoms with Gasteiger partial charge < -0.3 is 20.1 Å². The minimum Gasteiger partial charge on any atom is -0.479 e. The SMILES string of the molecule is CC[C@@H](Oc1ccccc1)C(=O)OCC(=O)N(CC)c1c(N)n(Cc2ccccc2)c(=O)[nH]c1=O. The van der Waals surface area contributed by atoms with E-state index >= 15 is 0 Å². The first-order valence-corrected chi connectivity index (χ1v) is 11.2. The summed E-state index contributed by atoms with van der Waals surface area (Å²) in [5.41, 5.74) is 5.28. The minimum atomic E-state index is -0.901. The molecule has 0 aliphatic heterocycles. The van der Waals surface area contributed by atoms with Gasteiger partial charge in [-0.1, -0.05) is 55.5 Å². The fraction of sp³-hybridized carbons (Fsp3) is 0.280. The lowest BCUT2D eigenvalue weighted by atomic mass is 10.2.